The van der Waals surface area contributed by atoms with Crippen molar-refractivity contribution in [2.45, 2.75) is 0 Å². The number of fused-ring (bicyclic) bond motifs is 1. The highest BCUT2D eigenvalue weighted by Gasteiger charge is 2.08. The fourth-order valence-electron chi connectivity index (χ4n) is 1.45. The minimum Gasteiger partial charge on any atom is -0.298 e. The van der Waals surface area contributed by atoms with Gasteiger partial charge in [0.05, 0.1) is 5.52 Å². The van der Waals surface area contributed by atoms with Crippen LogP contribution >= 0.6 is 0 Å². The second kappa shape index (κ2) is 2.80. The quantitative estimate of drug-likeness (QED) is 0.600. The van der Waals surface area contributed by atoms with Crippen LogP contribution in [-0.4, -0.2) is 20.4 Å². The second-order valence-electron chi connectivity index (χ2n) is 3.13. The van der Waals surface area contributed by atoms with Crippen molar-refractivity contribution in [3.63, 3.8) is 0 Å². The van der Waals surface area contributed by atoms with E-state index in [-0.39, 0.29) is 5.69 Å². The number of aldehydes is 1. The number of aryl methyl sites for hydroxylation is 2. The van der Waals surface area contributed by atoms with E-state index in [4.69, 9.17) is 0 Å². The first-order chi connectivity index (χ1) is 6.65. The number of carbonyl (C=O) groups is 1. The molecular formula is C9H9N3O2. The maximum absolute atomic E-state index is 11.5. The van der Waals surface area contributed by atoms with Crippen LogP contribution in [0, 0.1) is 0 Å². The number of aromatic nitrogens is 3. The maximum atomic E-state index is 11.5. The average Bonchev–Trinajstić information content (AvgIpc) is 2.44. The Morgan fingerprint density at radius 1 is 1.36 bits per heavy atom. The van der Waals surface area contributed by atoms with E-state index in [0.717, 1.165) is 0 Å². The van der Waals surface area contributed by atoms with Crippen molar-refractivity contribution in [2.24, 2.45) is 14.1 Å². The average molecular weight is 191 g/mol. The van der Waals surface area contributed by atoms with Crippen LogP contribution in [0.15, 0.2) is 17.1 Å². The number of hydrogen-bond acceptors (Lipinski definition) is 3. The van der Waals surface area contributed by atoms with Crippen LogP contribution in [-0.2, 0) is 14.1 Å². The Bertz CT molecular complexity index is 565. The molecule has 0 aliphatic heterocycles. The molecule has 0 atom stereocenters. The first-order valence-corrected chi connectivity index (χ1v) is 4.12. The van der Waals surface area contributed by atoms with Gasteiger partial charge in [0.1, 0.15) is 0 Å². The molecule has 0 N–H and O–H groups in total. The zero-order chi connectivity index (χ0) is 10.3. The van der Waals surface area contributed by atoms with Gasteiger partial charge in [-0.1, -0.05) is 0 Å². The van der Waals surface area contributed by atoms with Gasteiger partial charge in [0, 0.05) is 25.9 Å². The molecule has 0 amide bonds. The number of imidazole rings is 1. The lowest BCUT2D eigenvalue weighted by atomic mass is 10.3. The Labute approximate surface area is 79.6 Å². The summed E-state index contributed by atoms with van der Waals surface area (Å²) in [5.74, 6) is 0. The van der Waals surface area contributed by atoms with Gasteiger partial charge in [-0.2, -0.15) is 0 Å². The van der Waals surface area contributed by atoms with Gasteiger partial charge in [0.25, 0.3) is 0 Å². The number of carbonyl (C=O) groups excluding carboxylic acids is 1. The third-order valence-corrected chi connectivity index (χ3v) is 2.26. The molecule has 2 heterocycles. The summed E-state index contributed by atoms with van der Waals surface area (Å²) >= 11 is 0. The molecule has 0 saturated carbocycles. The number of rotatable bonds is 1. The van der Waals surface area contributed by atoms with E-state index in [1.807, 2.05) is 0 Å². The lowest BCUT2D eigenvalue weighted by Gasteiger charge is -1.93. The molecule has 5 nitrogen and oxygen atoms in total. The molecule has 0 bridgehead atoms. The van der Waals surface area contributed by atoms with Crippen LogP contribution in [0.2, 0.25) is 0 Å². The number of hydrogen-bond donors (Lipinski definition) is 0. The normalized spacial score (nSPS) is 10.7. The first-order valence-electron chi connectivity index (χ1n) is 4.12. The molecule has 14 heavy (non-hydrogen) atoms. The third-order valence-electron chi connectivity index (χ3n) is 2.26. The van der Waals surface area contributed by atoms with Crippen LogP contribution in [0.5, 0.6) is 0 Å². The zero-order valence-electron chi connectivity index (χ0n) is 7.89. The summed E-state index contributed by atoms with van der Waals surface area (Å²) in [5.41, 5.74) is 1.58. The van der Waals surface area contributed by atoms with E-state index in [1.165, 1.54) is 15.3 Å². The summed E-state index contributed by atoms with van der Waals surface area (Å²) in [7, 11) is 3.30. The highest BCUT2D eigenvalue weighted by molar-refractivity contribution is 5.82. The molecule has 2 rings (SSSR count). The molecule has 72 valence electrons. The fraction of sp³-hybridized carbons (Fsp3) is 0.222. The highest BCUT2D eigenvalue weighted by atomic mass is 16.1. The largest absolute Gasteiger partial charge is 0.329 e. The molecule has 0 aliphatic carbocycles. The smallest absolute Gasteiger partial charge is 0.298 e. The summed E-state index contributed by atoms with van der Waals surface area (Å²) in [6, 6.07) is 1.65. The van der Waals surface area contributed by atoms with E-state index in [9.17, 15) is 9.59 Å². The zero-order valence-corrected chi connectivity index (χ0v) is 7.89. The molecule has 2 aromatic heterocycles. The van der Waals surface area contributed by atoms with Gasteiger partial charge in [0.2, 0.25) is 0 Å². The Balaban J connectivity index is 2.96. The standard InChI is InChI=1S/C9H9N3O2/c1-11-7-3-6(5-13)4-10-8(7)12(2)9(11)14/h3-5H,1-2H3. The predicted molar refractivity (Wildman–Crippen MR) is 51.3 cm³/mol. The maximum Gasteiger partial charge on any atom is 0.329 e. The molecule has 0 unspecified atom stereocenters. The summed E-state index contributed by atoms with van der Waals surface area (Å²) in [6.45, 7) is 0. The third kappa shape index (κ3) is 0.985. The Morgan fingerprint density at radius 2 is 2.07 bits per heavy atom. The fourth-order valence-corrected chi connectivity index (χ4v) is 1.45. The topological polar surface area (TPSA) is 56.9 Å². The van der Waals surface area contributed by atoms with Gasteiger partial charge in [-0.25, -0.2) is 9.78 Å². The van der Waals surface area contributed by atoms with Crippen LogP contribution in [0.4, 0.5) is 0 Å². The van der Waals surface area contributed by atoms with Crippen molar-refractivity contribution in [2.75, 3.05) is 0 Å². The summed E-state index contributed by atoms with van der Waals surface area (Å²) in [5, 5.41) is 0. The predicted octanol–water partition coefficient (Wildman–Crippen LogP) is 0.0845. The van der Waals surface area contributed by atoms with E-state index in [1.54, 1.807) is 20.2 Å². The Kier molecular flexibility index (Phi) is 1.73. The van der Waals surface area contributed by atoms with Crippen molar-refractivity contribution in [3.8, 4) is 0 Å². The lowest BCUT2D eigenvalue weighted by molar-refractivity contribution is 0.112. The van der Waals surface area contributed by atoms with Crippen molar-refractivity contribution >= 4 is 17.5 Å². The van der Waals surface area contributed by atoms with Crippen LogP contribution in [0.1, 0.15) is 10.4 Å². The lowest BCUT2D eigenvalue weighted by Crippen LogP contribution is -2.19. The summed E-state index contributed by atoms with van der Waals surface area (Å²) in [4.78, 5) is 26.0. The van der Waals surface area contributed by atoms with Crippen LogP contribution in [0.25, 0.3) is 11.2 Å². The monoisotopic (exact) mass is 191 g/mol. The minimum atomic E-state index is -0.143. The van der Waals surface area contributed by atoms with E-state index in [0.29, 0.717) is 23.0 Å². The second-order valence-corrected chi connectivity index (χ2v) is 3.13. The van der Waals surface area contributed by atoms with Gasteiger partial charge in [0.15, 0.2) is 11.9 Å². The van der Waals surface area contributed by atoms with Crippen molar-refractivity contribution in [1.29, 1.82) is 0 Å². The van der Waals surface area contributed by atoms with Crippen LogP contribution in [0.3, 0.4) is 0 Å². The molecule has 0 fully saturated rings. The number of pyridine rings is 1. The Hall–Kier alpha value is -1.91. The van der Waals surface area contributed by atoms with Gasteiger partial charge in [-0.3, -0.25) is 13.9 Å². The molecule has 0 aliphatic rings. The molecular weight excluding hydrogens is 182 g/mol. The number of nitrogens with zero attached hydrogens (tertiary/aromatic N) is 3. The summed E-state index contributed by atoms with van der Waals surface area (Å²) in [6.07, 6.45) is 2.17. The Morgan fingerprint density at radius 3 is 2.71 bits per heavy atom. The van der Waals surface area contributed by atoms with E-state index in [2.05, 4.69) is 4.98 Å². The van der Waals surface area contributed by atoms with E-state index >= 15 is 0 Å². The van der Waals surface area contributed by atoms with Crippen molar-refractivity contribution < 1.29 is 4.79 Å². The first kappa shape index (κ1) is 8.68. The molecule has 0 saturated heterocycles. The minimum absolute atomic E-state index is 0.143. The van der Waals surface area contributed by atoms with Gasteiger partial charge >= 0.3 is 5.69 Å². The van der Waals surface area contributed by atoms with Crippen molar-refractivity contribution in [3.05, 3.63) is 28.3 Å². The highest BCUT2D eigenvalue weighted by Crippen LogP contribution is 2.09. The molecule has 2 aromatic rings. The SMILES string of the molecule is Cn1c(=O)n(C)c2ncc(C=O)cc21. The van der Waals surface area contributed by atoms with Gasteiger partial charge in [-0.15, -0.1) is 0 Å². The van der Waals surface area contributed by atoms with E-state index < -0.39 is 0 Å². The molecule has 0 aromatic carbocycles. The van der Waals surface area contributed by atoms with Crippen molar-refractivity contribution in [1.82, 2.24) is 14.1 Å². The van der Waals surface area contributed by atoms with Crippen LogP contribution < -0.4 is 5.69 Å². The summed E-state index contributed by atoms with van der Waals surface area (Å²) < 4.78 is 2.92. The molecule has 0 radical (unpaired) electrons. The van der Waals surface area contributed by atoms with Gasteiger partial charge < -0.3 is 0 Å². The molecule has 0 spiro atoms. The van der Waals surface area contributed by atoms with Gasteiger partial charge in [-0.05, 0) is 6.07 Å². The molecule has 5 heteroatoms.